The summed E-state index contributed by atoms with van der Waals surface area (Å²) < 4.78 is 6.26. The number of nitrogens with zero attached hydrogens (tertiary/aromatic N) is 2. The predicted octanol–water partition coefficient (Wildman–Crippen LogP) is 3.21. The molecule has 0 unspecified atom stereocenters. The Hall–Kier alpha value is -1.43. The highest BCUT2D eigenvalue weighted by Gasteiger charge is 2.19. The first-order valence-corrected chi connectivity index (χ1v) is 9.87. The van der Waals surface area contributed by atoms with Gasteiger partial charge in [0.2, 0.25) is 5.88 Å². The summed E-state index contributed by atoms with van der Waals surface area (Å²) in [5.74, 6) is 1.55. The minimum atomic E-state index is 0.169. The molecule has 1 saturated carbocycles. The van der Waals surface area contributed by atoms with Gasteiger partial charge in [0, 0.05) is 36.6 Å². The Balaban J connectivity index is 1.90. The topological polar surface area (TPSA) is 58.5 Å². The molecule has 1 fully saturated rings. The van der Waals surface area contributed by atoms with Gasteiger partial charge in [-0.05, 0) is 51.9 Å². The van der Waals surface area contributed by atoms with Crippen LogP contribution in [0, 0.1) is 0 Å². The summed E-state index contributed by atoms with van der Waals surface area (Å²) in [6.07, 6.45) is 9.02. The number of hydrogen-bond acceptors (Lipinski definition) is 4. The number of rotatable bonds is 7. The van der Waals surface area contributed by atoms with Crippen molar-refractivity contribution in [3.63, 3.8) is 0 Å². The fourth-order valence-corrected chi connectivity index (χ4v) is 2.81. The Bertz CT molecular complexity index is 542. The maximum absolute atomic E-state index is 6.09. The molecule has 0 spiro atoms. The van der Waals surface area contributed by atoms with Crippen molar-refractivity contribution in [2.24, 2.45) is 4.99 Å². The van der Waals surface area contributed by atoms with E-state index in [2.05, 4.69) is 46.8 Å². The highest BCUT2D eigenvalue weighted by atomic mass is 32.2. The van der Waals surface area contributed by atoms with Gasteiger partial charge in [0.1, 0.15) is 6.10 Å². The number of pyridine rings is 1. The van der Waals surface area contributed by atoms with Crippen molar-refractivity contribution in [3.8, 4) is 5.88 Å². The van der Waals surface area contributed by atoms with Crippen LogP contribution in [0.3, 0.4) is 0 Å². The van der Waals surface area contributed by atoms with Gasteiger partial charge in [0.05, 0.1) is 0 Å². The second-order valence-electron chi connectivity index (χ2n) is 6.74. The molecule has 0 radical (unpaired) electrons. The van der Waals surface area contributed by atoms with E-state index in [4.69, 9.17) is 4.74 Å². The lowest BCUT2D eigenvalue weighted by atomic mass is 10.2. The van der Waals surface area contributed by atoms with Crippen molar-refractivity contribution >= 4 is 17.7 Å². The molecule has 0 amide bonds. The van der Waals surface area contributed by atoms with Crippen LogP contribution in [0.4, 0.5) is 0 Å². The van der Waals surface area contributed by atoms with Gasteiger partial charge in [-0.15, -0.1) is 0 Å². The second-order valence-corrected chi connectivity index (χ2v) is 8.25. The van der Waals surface area contributed by atoms with E-state index >= 15 is 0 Å². The van der Waals surface area contributed by atoms with E-state index in [0.29, 0.717) is 12.6 Å². The molecule has 5 nitrogen and oxygen atoms in total. The Morgan fingerprint density at radius 3 is 2.79 bits per heavy atom. The van der Waals surface area contributed by atoms with Crippen molar-refractivity contribution in [2.75, 3.05) is 19.8 Å². The van der Waals surface area contributed by atoms with E-state index < -0.39 is 0 Å². The molecule has 2 N–H and O–H groups in total. The van der Waals surface area contributed by atoms with Crippen LogP contribution >= 0.6 is 11.8 Å². The summed E-state index contributed by atoms with van der Waals surface area (Å²) in [7, 11) is 1.79. The molecule has 6 heteroatoms. The molecule has 0 aliphatic heterocycles. The third-order valence-electron chi connectivity index (χ3n) is 4.33. The number of aliphatic imine (C=N–C) groups is 1. The van der Waals surface area contributed by atoms with Gasteiger partial charge in [-0.3, -0.25) is 4.99 Å². The van der Waals surface area contributed by atoms with Gasteiger partial charge in [0.25, 0.3) is 0 Å². The first-order valence-electron chi connectivity index (χ1n) is 8.64. The molecule has 1 aromatic rings. The van der Waals surface area contributed by atoms with Crippen LogP contribution in [0.25, 0.3) is 0 Å². The van der Waals surface area contributed by atoms with Crippen molar-refractivity contribution in [2.45, 2.75) is 56.9 Å². The van der Waals surface area contributed by atoms with Crippen LogP contribution in [-0.4, -0.2) is 41.6 Å². The molecule has 134 valence electrons. The van der Waals surface area contributed by atoms with Gasteiger partial charge in [-0.2, -0.15) is 11.8 Å². The summed E-state index contributed by atoms with van der Waals surface area (Å²) in [6, 6.07) is 4.01. The number of nitrogens with one attached hydrogen (secondary N) is 2. The summed E-state index contributed by atoms with van der Waals surface area (Å²) in [6.45, 7) is 5.93. The highest BCUT2D eigenvalue weighted by Crippen LogP contribution is 2.25. The lowest BCUT2D eigenvalue weighted by molar-refractivity contribution is 0.199. The minimum absolute atomic E-state index is 0.169. The minimum Gasteiger partial charge on any atom is -0.474 e. The molecule has 1 aromatic heterocycles. The molecular weight excluding hydrogens is 320 g/mol. The van der Waals surface area contributed by atoms with Gasteiger partial charge in [0.15, 0.2) is 5.96 Å². The molecule has 1 heterocycles. The third-order valence-corrected chi connectivity index (χ3v) is 5.58. The van der Waals surface area contributed by atoms with Crippen LogP contribution in [-0.2, 0) is 6.54 Å². The maximum Gasteiger partial charge on any atom is 0.218 e. The van der Waals surface area contributed by atoms with E-state index in [1.165, 1.54) is 12.8 Å². The third kappa shape index (κ3) is 5.89. The summed E-state index contributed by atoms with van der Waals surface area (Å²) in [5, 5.41) is 6.74. The quantitative estimate of drug-likeness (QED) is 0.584. The molecule has 0 saturated heterocycles. The average Bonchev–Trinajstić information content (AvgIpc) is 3.09. The average molecular weight is 351 g/mol. The molecule has 0 atom stereocenters. The zero-order valence-electron chi connectivity index (χ0n) is 15.3. The first-order chi connectivity index (χ1) is 11.5. The number of hydrogen-bond donors (Lipinski definition) is 2. The number of ether oxygens (including phenoxy) is 1. The van der Waals surface area contributed by atoms with E-state index in [1.807, 2.05) is 17.8 Å². The highest BCUT2D eigenvalue weighted by molar-refractivity contribution is 7.99. The summed E-state index contributed by atoms with van der Waals surface area (Å²) in [4.78, 5) is 8.72. The normalized spacial score (nSPS) is 16.2. The molecule has 1 aliphatic carbocycles. The van der Waals surface area contributed by atoms with Crippen molar-refractivity contribution in [1.82, 2.24) is 15.6 Å². The largest absolute Gasteiger partial charge is 0.474 e. The van der Waals surface area contributed by atoms with E-state index in [0.717, 1.165) is 36.8 Å². The lowest BCUT2D eigenvalue weighted by Crippen LogP contribution is -2.43. The van der Waals surface area contributed by atoms with Crippen LogP contribution in [0.15, 0.2) is 23.3 Å². The summed E-state index contributed by atoms with van der Waals surface area (Å²) in [5.41, 5.74) is 1.07. The fraction of sp³-hybridized carbons (Fsp3) is 0.667. The van der Waals surface area contributed by atoms with E-state index in [9.17, 15) is 0 Å². The predicted molar refractivity (Wildman–Crippen MR) is 103 cm³/mol. The Labute approximate surface area is 150 Å². The van der Waals surface area contributed by atoms with Crippen molar-refractivity contribution in [3.05, 3.63) is 23.9 Å². The number of thioether (sulfide) groups is 1. The smallest absolute Gasteiger partial charge is 0.218 e. The fourth-order valence-electron chi connectivity index (χ4n) is 2.60. The van der Waals surface area contributed by atoms with Gasteiger partial charge in [-0.1, -0.05) is 6.07 Å². The molecule has 0 aromatic carbocycles. The number of aromatic nitrogens is 1. The Morgan fingerprint density at radius 2 is 2.12 bits per heavy atom. The van der Waals surface area contributed by atoms with Crippen molar-refractivity contribution < 1.29 is 4.74 Å². The van der Waals surface area contributed by atoms with Gasteiger partial charge >= 0.3 is 0 Å². The zero-order chi connectivity index (χ0) is 17.4. The molecule has 24 heavy (non-hydrogen) atoms. The monoisotopic (exact) mass is 350 g/mol. The summed E-state index contributed by atoms with van der Waals surface area (Å²) >= 11 is 1.84. The number of guanidine groups is 1. The Kier molecular flexibility index (Phi) is 7.21. The Morgan fingerprint density at radius 1 is 1.38 bits per heavy atom. The zero-order valence-corrected chi connectivity index (χ0v) is 16.1. The van der Waals surface area contributed by atoms with Crippen LogP contribution < -0.4 is 15.4 Å². The van der Waals surface area contributed by atoms with Crippen LogP contribution in [0.2, 0.25) is 0 Å². The van der Waals surface area contributed by atoms with Crippen molar-refractivity contribution in [1.29, 1.82) is 0 Å². The van der Waals surface area contributed by atoms with Gasteiger partial charge in [-0.25, -0.2) is 4.98 Å². The maximum atomic E-state index is 6.09. The second kappa shape index (κ2) is 9.16. The van der Waals surface area contributed by atoms with E-state index in [1.54, 1.807) is 13.2 Å². The molecule has 2 rings (SSSR count). The van der Waals surface area contributed by atoms with Crippen LogP contribution in [0.5, 0.6) is 5.88 Å². The lowest BCUT2D eigenvalue weighted by Gasteiger charge is -2.24. The first kappa shape index (κ1) is 18.9. The van der Waals surface area contributed by atoms with Crippen LogP contribution in [0.1, 0.15) is 45.1 Å². The standard InChI is InChI=1S/C18H30N4OS/c1-18(2,24-4)13-22-17(19-3)21-12-14-8-7-11-20-16(14)23-15-9-5-6-10-15/h7-8,11,15H,5-6,9-10,12-13H2,1-4H3,(H2,19,21,22). The SMILES string of the molecule is CN=C(NCc1cccnc1OC1CCCC1)NCC(C)(C)SC. The molecule has 0 bridgehead atoms. The van der Waals surface area contributed by atoms with Gasteiger partial charge < -0.3 is 15.4 Å². The van der Waals surface area contributed by atoms with E-state index in [-0.39, 0.29) is 4.75 Å². The molecular formula is C18H30N4OS. The molecule has 1 aliphatic rings.